The van der Waals surface area contributed by atoms with Crippen LogP contribution in [0.15, 0.2) is 39.7 Å². The summed E-state index contributed by atoms with van der Waals surface area (Å²) in [4.78, 5) is 11.3. The zero-order valence-corrected chi connectivity index (χ0v) is 17.0. The molecule has 0 radical (unpaired) electrons. The number of nitrogens with one attached hydrogen (secondary N) is 2. The molecule has 0 spiro atoms. The van der Waals surface area contributed by atoms with Crippen molar-refractivity contribution in [1.29, 1.82) is 0 Å². The third-order valence-electron chi connectivity index (χ3n) is 4.10. The van der Waals surface area contributed by atoms with E-state index in [2.05, 4.69) is 40.8 Å². The number of rotatable bonds is 7. The maximum absolute atomic E-state index is 12.3. The van der Waals surface area contributed by atoms with Crippen molar-refractivity contribution < 1.29 is 8.42 Å². The number of sulfonamides is 1. The number of nitrogens with zero attached hydrogens (tertiary/aromatic N) is 3. The van der Waals surface area contributed by atoms with Crippen LogP contribution >= 0.6 is 15.9 Å². The van der Waals surface area contributed by atoms with Gasteiger partial charge >= 0.3 is 0 Å². The molecule has 1 aromatic carbocycles. The molecule has 0 atom stereocenters. The number of hydrogen-bond donors (Lipinski definition) is 2. The van der Waals surface area contributed by atoms with Crippen LogP contribution in [0.4, 0.5) is 11.6 Å². The molecule has 1 fully saturated rings. The van der Waals surface area contributed by atoms with Gasteiger partial charge in [-0.05, 0) is 47.8 Å². The van der Waals surface area contributed by atoms with Gasteiger partial charge in [-0.2, -0.15) is 0 Å². The van der Waals surface area contributed by atoms with Crippen molar-refractivity contribution in [2.24, 2.45) is 0 Å². The van der Waals surface area contributed by atoms with E-state index >= 15 is 0 Å². The van der Waals surface area contributed by atoms with E-state index in [9.17, 15) is 8.42 Å². The maximum Gasteiger partial charge on any atom is 0.241 e. The fourth-order valence-electron chi connectivity index (χ4n) is 2.87. The summed E-state index contributed by atoms with van der Waals surface area (Å²) in [6, 6.07) is 8.66. The average molecular weight is 440 g/mol. The molecule has 7 nitrogen and oxygen atoms in total. The van der Waals surface area contributed by atoms with E-state index in [0.29, 0.717) is 22.7 Å². The lowest BCUT2D eigenvalue weighted by Crippen LogP contribution is -2.29. The lowest BCUT2D eigenvalue weighted by Gasteiger charge is -2.18. The van der Waals surface area contributed by atoms with Crippen LogP contribution in [0.3, 0.4) is 0 Å². The second-order valence-electron chi connectivity index (χ2n) is 6.11. The first-order valence-electron chi connectivity index (χ1n) is 8.54. The predicted molar refractivity (Wildman–Crippen MR) is 106 cm³/mol. The summed E-state index contributed by atoms with van der Waals surface area (Å²) < 4.78 is 27.8. The van der Waals surface area contributed by atoms with Gasteiger partial charge in [0, 0.05) is 36.7 Å². The summed E-state index contributed by atoms with van der Waals surface area (Å²) in [5, 5.41) is 3.17. The highest BCUT2D eigenvalue weighted by atomic mass is 79.9. The van der Waals surface area contributed by atoms with Crippen LogP contribution in [0.5, 0.6) is 0 Å². The minimum absolute atomic E-state index is 0.231. The van der Waals surface area contributed by atoms with E-state index in [1.54, 1.807) is 24.3 Å². The SMILES string of the molecule is Cc1nc(NCCNS(=O)(=O)c2ccccc2Br)cc(N2CCCC2)n1. The van der Waals surface area contributed by atoms with Gasteiger partial charge in [-0.15, -0.1) is 0 Å². The van der Waals surface area contributed by atoms with Crippen molar-refractivity contribution in [1.82, 2.24) is 14.7 Å². The average Bonchev–Trinajstić information content (AvgIpc) is 3.13. The Balaban J connectivity index is 1.57. The van der Waals surface area contributed by atoms with Crippen molar-refractivity contribution >= 4 is 37.6 Å². The Hall–Kier alpha value is -1.71. The molecule has 0 saturated carbocycles. The molecule has 0 amide bonds. The van der Waals surface area contributed by atoms with Gasteiger partial charge in [0.2, 0.25) is 10.0 Å². The lowest BCUT2D eigenvalue weighted by molar-refractivity contribution is 0.582. The van der Waals surface area contributed by atoms with Crippen LogP contribution < -0.4 is 14.9 Å². The first-order chi connectivity index (χ1) is 12.5. The number of benzene rings is 1. The molecule has 3 rings (SSSR count). The molecule has 9 heteroatoms. The van der Waals surface area contributed by atoms with Crippen molar-refractivity contribution in [2.45, 2.75) is 24.7 Å². The van der Waals surface area contributed by atoms with Gasteiger partial charge in [0.25, 0.3) is 0 Å². The minimum Gasteiger partial charge on any atom is -0.369 e. The number of halogens is 1. The van der Waals surface area contributed by atoms with E-state index in [4.69, 9.17) is 0 Å². The highest BCUT2D eigenvalue weighted by Crippen LogP contribution is 2.21. The summed E-state index contributed by atoms with van der Waals surface area (Å²) in [7, 11) is -3.55. The van der Waals surface area contributed by atoms with Crippen LogP contribution in [-0.4, -0.2) is 44.6 Å². The number of aryl methyl sites for hydroxylation is 1. The summed E-state index contributed by atoms with van der Waals surface area (Å²) in [5.41, 5.74) is 0. The van der Waals surface area contributed by atoms with Gasteiger partial charge in [-0.25, -0.2) is 23.1 Å². The molecule has 26 heavy (non-hydrogen) atoms. The highest BCUT2D eigenvalue weighted by molar-refractivity contribution is 9.10. The van der Waals surface area contributed by atoms with Crippen LogP contribution in [0.1, 0.15) is 18.7 Å². The number of hydrogen-bond acceptors (Lipinski definition) is 6. The van der Waals surface area contributed by atoms with Crippen LogP contribution in [0, 0.1) is 6.92 Å². The van der Waals surface area contributed by atoms with Gasteiger partial charge in [0.05, 0.1) is 4.90 Å². The molecule has 2 heterocycles. The van der Waals surface area contributed by atoms with Gasteiger partial charge in [-0.1, -0.05) is 12.1 Å². The molecule has 1 aromatic heterocycles. The molecular weight excluding hydrogens is 418 g/mol. The molecule has 2 aromatic rings. The fourth-order valence-corrected chi connectivity index (χ4v) is 4.90. The van der Waals surface area contributed by atoms with Crippen LogP contribution in [0.25, 0.3) is 0 Å². The summed E-state index contributed by atoms with van der Waals surface area (Å²) in [6.45, 7) is 4.58. The number of anilines is 2. The molecule has 140 valence electrons. The van der Waals surface area contributed by atoms with E-state index in [-0.39, 0.29) is 11.4 Å². The summed E-state index contributed by atoms with van der Waals surface area (Å²) >= 11 is 3.27. The fraction of sp³-hybridized carbons (Fsp3) is 0.412. The van der Waals surface area contributed by atoms with Gasteiger partial charge in [0.15, 0.2) is 0 Å². The molecule has 0 bridgehead atoms. The van der Waals surface area contributed by atoms with Gasteiger partial charge in [0.1, 0.15) is 17.5 Å². The molecule has 2 N–H and O–H groups in total. The van der Waals surface area contributed by atoms with E-state index < -0.39 is 10.0 Å². The van der Waals surface area contributed by atoms with E-state index in [0.717, 1.165) is 18.9 Å². The zero-order chi connectivity index (χ0) is 18.6. The van der Waals surface area contributed by atoms with Crippen molar-refractivity contribution in [3.05, 3.63) is 40.6 Å². The Bertz CT molecular complexity index is 869. The second kappa shape index (κ2) is 8.32. The Labute approximate surface area is 162 Å². The normalized spacial score (nSPS) is 14.6. The second-order valence-corrected chi connectivity index (χ2v) is 8.70. The molecule has 1 saturated heterocycles. The predicted octanol–water partition coefficient (Wildman–Crippen LogP) is 2.54. The Morgan fingerprint density at radius 1 is 1.15 bits per heavy atom. The third-order valence-corrected chi connectivity index (χ3v) is 6.58. The lowest BCUT2D eigenvalue weighted by atomic mass is 10.4. The van der Waals surface area contributed by atoms with Crippen LogP contribution in [-0.2, 0) is 10.0 Å². The zero-order valence-electron chi connectivity index (χ0n) is 14.6. The van der Waals surface area contributed by atoms with Crippen LogP contribution in [0.2, 0.25) is 0 Å². The summed E-state index contributed by atoms with van der Waals surface area (Å²) in [5.74, 6) is 2.33. The van der Waals surface area contributed by atoms with Crippen molar-refractivity contribution in [2.75, 3.05) is 36.4 Å². The summed E-state index contributed by atoms with van der Waals surface area (Å²) in [6.07, 6.45) is 2.37. The largest absolute Gasteiger partial charge is 0.369 e. The monoisotopic (exact) mass is 439 g/mol. The van der Waals surface area contributed by atoms with E-state index in [1.165, 1.54) is 12.8 Å². The van der Waals surface area contributed by atoms with Crippen molar-refractivity contribution in [3.63, 3.8) is 0 Å². The van der Waals surface area contributed by atoms with Gasteiger partial charge in [-0.3, -0.25) is 0 Å². The molecule has 1 aliphatic heterocycles. The Morgan fingerprint density at radius 2 is 1.88 bits per heavy atom. The van der Waals surface area contributed by atoms with Gasteiger partial charge < -0.3 is 10.2 Å². The standard InChI is InChI=1S/C17H22BrN5O2S/c1-13-21-16(12-17(22-13)23-10-4-5-11-23)19-8-9-20-26(24,25)15-7-3-2-6-14(15)18/h2-3,6-7,12,20H,4-5,8-11H2,1H3,(H,19,21,22). The van der Waals surface area contributed by atoms with Crippen molar-refractivity contribution in [3.8, 4) is 0 Å². The first kappa shape index (κ1) is 19.1. The van der Waals surface area contributed by atoms with E-state index in [1.807, 2.05) is 13.0 Å². The molecular formula is C17H22BrN5O2S. The smallest absolute Gasteiger partial charge is 0.241 e. The molecule has 0 unspecified atom stereocenters. The molecule has 1 aliphatic rings. The third kappa shape index (κ3) is 4.72. The quantitative estimate of drug-likeness (QED) is 0.644. The highest BCUT2D eigenvalue weighted by Gasteiger charge is 2.17. The number of aromatic nitrogens is 2. The topological polar surface area (TPSA) is 87.2 Å². The Morgan fingerprint density at radius 3 is 2.62 bits per heavy atom. The maximum atomic E-state index is 12.3. The minimum atomic E-state index is -3.55. The Kier molecular flexibility index (Phi) is 6.10. The first-order valence-corrected chi connectivity index (χ1v) is 10.8. The molecule has 0 aliphatic carbocycles.